The van der Waals surface area contributed by atoms with Gasteiger partial charge >= 0.3 is 5.97 Å². The second-order valence-electron chi connectivity index (χ2n) is 3.84. The van der Waals surface area contributed by atoms with E-state index in [1.165, 1.54) is 0 Å². The van der Waals surface area contributed by atoms with Crippen molar-refractivity contribution < 1.29 is 9.53 Å². The fourth-order valence-electron chi connectivity index (χ4n) is 1.84. The predicted molar refractivity (Wildman–Crippen MR) is 73.0 cm³/mol. The van der Waals surface area contributed by atoms with Crippen LogP contribution in [0.5, 0.6) is 0 Å². The number of nitrogens with one attached hydrogen (secondary N) is 1. The molecule has 0 aliphatic carbocycles. The Labute approximate surface area is 112 Å². The van der Waals surface area contributed by atoms with Crippen LogP contribution in [0.2, 0.25) is 0 Å². The van der Waals surface area contributed by atoms with Gasteiger partial charge in [0, 0.05) is 15.6 Å². The van der Waals surface area contributed by atoms with E-state index in [2.05, 4.69) is 20.9 Å². The Hall–Kier alpha value is -1.62. The molecule has 4 nitrogen and oxygen atoms in total. The molecule has 0 saturated heterocycles. The van der Waals surface area contributed by atoms with Crippen LogP contribution in [0.25, 0.3) is 10.9 Å². The van der Waals surface area contributed by atoms with Crippen molar-refractivity contribution in [1.82, 2.24) is 4.98 Å². The molecule has 0 aliphatic rings. The van der Waals surface area contributed by atoms with Crippen LogP contribution >= 0.6 is 15.9 Å². The Balaban J connectivity index is 2.78. The summed E-state index contributed by atoms with van der Waals surface area (Å²) in [5.41, 5.74) is 0.967. The lowest BCUT2D eigenvalue weighted by Gasteiger charge is -2.08. The van der Waals surface area contributed by atoms with Gasteiger partial charge in [0.1, 0.15) is 5.56 Å². The highest BCUT2D eigenvalue weighted by atomic mass is 79.9. The minimum absolute atomic E-state index is 0.0717. The van der Waals surface area contributed by atoms with Crippen molar-refractivity contribution in [1.29, 1.82) is 0 Å². The van der Waals surface area contributed by atoms with E-state index in [0.717, 1.165) is 4.47 Å². The molecule has 1 N–H and O–H groups in total. The molecule has 1 heterocycles. The highest BCUT2D eigenvalue weighted by molar-refractivity contribution is 9.10. The van der Waals surface area contributed by atoms with Gasteiger partial charge in [-0.1, -0.05) is 6.07 Å². The standard InChI is InChI=1S/C13H12BrNO3/c1-3-18-13(17)10-7(2)15-11-8(12(10)16)5-4-6-9(11)14/h4-6H,3H2,1-2H3,(H,15,16). The molecular weight excluding hydrogens is 298 g/mol. The highest BCUT2D eigenvalue weighted by Gasteiger charge is 2.18. The molecule has 94 valence electrons. The van der Waals surface area contributed by atoms with Crippen LogP contribution in [-0.2, 0) is 4.74 Å². The molecule has 0 unspecified atom stereocenters. The molecule has 0 atom stereocenters. The minimum Gasteiger partial charge on any atom is -0.462 e. The summed E-state index contributed by atoms with van der Waals surface area (Å²) in [6.07, 6.45) is 0. The number of hydrogen-bond donors (Lipinski definition) is 1. The molecular formula is C13H12BrNO3. The summed E-state index contributed by atoms with van der Waals surface area (Å²) in [6.45, 7) is 3.64. The van der Waals surface area contributed by atoms with Gasteiger partial charge in [0.15, 0.2) is 0 Å². The van der Waals surface area contributed by atoms with Crippen molar-refractivity contribution in [2.24, 2.45) is 0 Å². The fraction of sp³-hybridized carbons (Fsp3) is 0.231. The second-order valence-corrected chi connectivity index (χ2v) is 4.69. The number of aryl methyl sites for hydroxylation is 1. The lowest BCUT2D eigenvalue weighted by Crippen LogP contribution is -2.20. The van der Waals surface area contributed by atoms with Gasteiger partial charge in [-0.25, -0.2) is 4.79 Å². The summed E-state index contributed by atoms with van der Waals surface area (Å²) < 4.78 is 5.69. The molecule has 0 amide bonds. The smallest absolute Gasteiger partial charge is 0.343 e. The van der Waals surface area contributed by atoms with Gasteiger partial charge in [0.25, 0.3) is 0 Å². The van der Waals surface area contributed by atoms with Crippen LogP contribution < -0.4 is 5.43 Å². The first-order valence-electron chi connectivity index (χ1n) is 5.54. The van der Waals surface area contributed by atoms with E-state index >= 15 is 0 Å². The van der Waals surface area contributed by atoms with E-state index < -0.39 is 5.97 Å². The molecule has 0 bridgehead atoms. The first kappa shape index (κ1) is 12.8. The van der Waals surface area contributed by atoms with Crippen molar-refractivity contribution in [3.8, 4) is 0 Å². The number of hydrogen-bond acceptors (Lipinski definition) is 3. The molecule has 5 heteroatoms. The number of esters is 1. The lowest BCUT2D eigenvalue weighted by molar-refractivity contribution is 0.0524. The molecule has 0 radical (unpaired) electrons. The van der Waals surface area contributed by atoms with Crippen molar-refractivity contribution in [2.75, 3.05) is 6.61 Å². The SMILES string of the molecule is CCOC(=O)c1c(C)[nH]c2c(Br)cccc2c1=O. The molecule has 0 saturated carbocycles. The number of ether oxygens (including phenoxy) is 1. The number of rotatable bonds is 2. The topological polar surface area (TPSA) is 59.2 Å². The van der Waals surface area contributed by atoms with E-state index in [9.17, 15) is 9.59 Å². The van der Waals surface area contributed by atoms with Gasteiger partial charge in [-0.15, -0.1) is 0 Å². The zero-order valence-electron chi connectivity index (χ0n) is 10.0. The fourth-order valence-corrected chi connectivity index (χ4v) is 2.31. The largest absolute Gasteiger partial charge is 0.462 e. The zero-order chi connectivity index (χ0) is 13.3. The monoisotopic (exact) mass is 309 g/mol. The molecule has 2 rings (SSSR count). The number of aromatic amines is 1. The number of para-hydroxylation sites is 1. The number of aromatic nitrogens is 1. The van der Waals surface area contributed by atoms with Crippen LogP contribution in [0, 0.1) is 6.92 Å². The van der Waals surface area contributed by atoms with Crippen LogP contribution in [0.15, 0.2) is 27.5 Å². The van der Waals surface area contributed by atoms with E-state index in [0.29, 0.717) is 16.6 Å². The number of pyridine rings is 1. The zero-order valence-corrected chi connectivity index (χ0v) is 11.6. The Morgan fingerprint density at radius 3 is 2.83 bits per heavy atom. The quantitative estimate of drug-likeness (QED) is 0.868. The van der Waals surface area contributed by atoms with Crippen LogP contribution in [0.1, 0.15) is 23.0 Å². The van der Waals surface area contributed by atoms with Crippen molar-refractivity contribution in [3.63, 3.8) is 0 Å². The van der Waals surface area contributed by atoms with Gasteiger partial charge in [0.05, 0.1) is 12.1 Å². The highest BCUT2D eigenvalue weighted by Crippen LogP contribution is 2.21. The van der Waals surface area contributed by atoms with E-state index in [1.807, 2.05) is 6.07 Å². The summed E-state index contributed by atoms with van der Waals surface area (Å²) in [5.74, 6) is -0.585. The van der Waals surface area contributed by atoms with Gasteiger partial charge in [0.2, 0.25) is 5.43 Å². The number of halogens is 1. The average molecular weight is 310 g/mol. The molecule has 2 aromatic rings. The number of carbonyl (C=O) groups is 1. The molecule has 0 fully saturated rings. The first-order valence-corrected chi connectivity index (χ1v) is 6.33. The summed E-state index contributed by atoms with van der Waals surface area (Å²) in [4.78, 5) is 27.1. The van der Waals surface area contributed by atoms with Crippen molar-refractivity contribution in [3.05, 3.63) is 44.2 Å². The number of H-pyrrole nitrogens is 1. The molecule has 1 aromatic carbocycles. The summed E-state index contributed by atoms with van der Waals surface area (Å²) in [5, 5.41) is 0.470. The average Bonchev–Trinajstić information content (AvgIpc) is 2.31. The third kappa shape index (κ3) is 2.06. The lowest BCUT2D eigenvalue weighted by atomic mass is 10.1. The normalized spacial score (nSPS) is 10.6. The van der Waals surface area contributed by atoms with Gasteiger partial charge in [-0.3, -0.25) is 4.79 Å². The molecule has 0 spiro atoms. The van der Waals surface area contributed by atoms with Gasteiger partial charge in [-0.05, 0) is 41.9 Å². The summed E-state index contributed by atoms with van der Waals surface area (Å²) in [7, 11) is 0. The summed E-state index contributed by atoms with van der Waals surface area (Å²) in [6, 6.07) is 5.27. The number of carbonyl (C=O) groups excluding carboxylic acids is 1. The molecule has 0 aliphatic heterocycles. The maximum Gasteiger partial charge on any atom is 0.343 e. The first-order chi connectivity index (χ1) is 8.56. The minimum atomic E-state index is -0.585. The van der Waals surface area contributed by atoms with Crippen LogP contribution in [0.3, 0.4) is 0 Å². The van der Waals surface area contributed by atoms with Crippen molar-refractivity contribution in [2.45, 2.75) is 13.8 Å². The van der Waals surface area contributed by atoms with E-state index in [1.54, 1.807) is 26.0 Å². The second kappa shape index (κ2) is 4.94. The third-order valence-electron chi connectivity index (χ3n) is 2.65. The van der Waals surface area contributed by atoms with Gasteiger partial charge < -0.3 is 9.72 Å². The molecule has 1 aromatic heterocycles. The van der Waals surface area contributed by atoms with Crippen LogP contribution in [0.4, 0.5) is 0 Å². The maximum atomic E-state index is 12.3. The number of fused-ring (bicyclic) bond motifs is 1. The Morgan fingerprint density at radius 1 is 1.44 bits per heavy atom. The van der Waals surface area contributed by atoms with Crippen molar-refractivity contribution >= 4 is 32.8 Å². The Morgan fingerprint density at radius 2 is 2.17 bits per heavy atom. The third-order valence-corrected chi connectivity index (χ3v) is 3.31. The summed E-state index contributed by atoms with van der Waals surface area (Å²) >= 11 is 3.37. The van der Waals surface area contributed by atoms with Gasteiger partial charge in [-0.2, -0.15) is 0 Å². The van der Waals surface area contributed by atoms with E-state index in [4.69, 9.17) is 4.74 Å². The Kier molecular flexibility index (Phi) is 3.52. The van der Waals surface area contributed by atoms with Crippen LogP contribution in [-0.4, -0.2) is 17.6 Å². The molecule has 18 heavy (non-hydrogen) atoms. The predicted octanol–water partition coefficient (Wildman–Crippen LogP) is 2.78. The number of benzene rings is 1. The Bertz CT molecular complexity index is 676. The van der Waals surface area contributed by atoms with E-state index in [-0.39, 0.29) is 17.6 Å². The maximum absolute atomic E-state index is 12.3.